The number of aromatic nitrogens is 3. The van der Waals surface area contributed by atoms with Crippen molar-refractivity contribution in [1.29, 1.82) is 0 Å². The number of amides is 1. The second-order valence-electron chi connectivity index (χ2n) is 5.66. The molecule has 0 atom stereocenters. The lowest BCUT2D eigenvalue weighted by molar-refractivity contribution is -0.136. The fourth-order valence-electron chi connectivity index (χ4n) is 2.31. The van der Waals surface area contributed by atoms with Gasteiger partial charge >= 0.3 is 6.18 Å². The largest absolute Gasteiger partial charge is 0.418 e. The lowest BCUT2D eigenvalue weighted by Crippen LogP contribution is -2.16. The third-order valence-electron chi connectivity index (χ3n) is 3.44. The number of benzene rings is 1. The van der Waals surface area contributed by atoms with Gasteiger partial charge in [0, 0.05) is 11.8 Å². The summed E-state index contributed by atoms with van der Waals surface area (Å²) in [6, 6.07) is 7.86. The SMILES string of the molecule is Cc1cc(C(=O)Nc2cc(C)on2)nc(Nc2ccccc2C(F)(F)F)n1. The maximum atomic E-state index is 13.1. The number of rotatable bonds is 4. The fraction of sp³-hybridized carbons (Fsp3) is 0.176. The van der Waals surface area contributed by atoms with Gasteiger partial charge in [0.15, 0.2) is 5.82 Å². The lowest BCUT2D eigenvalue weighted by atomic mass is 10.1. The van der Waals surface area contributed by atoms with Crippen molar-refractivity contribution >= 4 is 23.4 Å². The summed E-state index contributed by atoms with van der Waals surface area (Å²) in [4.78, 5) is 20.4. The third kappa shape index (κ3) is 4.40. The zero-order valence-corrected chi connectivity index (χ0v) is 14.3. The predicted octanol–water partition coefficient (Wildman–Crippen LogP) is 4.10. The lowest BCUT2D eigenvalue weighted by Gasteiger charge is -2.14. The molecule has 0 aliphatic carbocycles. The number of nitrogens with zero attached hydrogens (tertiary/aromatic N) is 3. The van der Waals surface area contributed by atoms with Crippen LogP contribution in [0.1, 0.15) is 27.5 Å². The van der Waals surface area contributed by atoms with Crippen molar-refractivity contribution in [3.63, 3.8) is 0 Å². The Morgan fingerprint density at radius 2 is 1.85 bits per heavy atom. The van der Waals surface area contributed by atoms with Gasteiger partial charge in [-0.1, -0.05) is 17.3 Å². The van der Waals surface area contributed by atoms with Crippen molar-refractivity contribution < 1.29 is 22.5 Å². The van der Waals surface area contributed by atoms with Crippen molar-refractivity contribution in [3.8, 4) is 0 Å². The normalized spacial score (nSPS) is 11.3. The molecule has 140 valence electrons. The highest BCUT2D eigenvalue weighted by Gasteiger charge is 2.33. The maximum Gasteiger partial charge on any atom is 0.418 e. The summed E-state index contributed by atoms with van der Waals surface area (Å²) >= 11 is 0. The highest BCUT2D eigenvalue weighted by atomic mass is 19.4. The van der Waals surface area contributed by atoms with Crippen LogP contribution in [0.5, 0.6) is 0 Å². The van der Waals surface area contributed by atoms with Crippen molar-refractivity contribution in [2.24, 2.45) is 0 Å². The number of anilines is 3. The summed E-state index contributed by atoms with van der Waals surface area (Å²) in [6.07, 6.45) is -4.54. The van der Waals surface area contributed by atoms with E-state index in [2.05, 4.69) is 25.8 Å². The molecule has 3 rings (SSSR count). The zero-order valence-electron chi connectivity index (χ0n) is 14.3. The molecular weight excluding hydrogens is 363 g/mol. The van der Waals surface area contributed by atoms with Crippen molar-refractivity contribution in [2.45, 2.75) is 20.0 Å². The summed E-state index contributed by atoms with van der Waals surface area (Å²) in [5.74, 6) is -0.0184. The van der Waals surface area contributed by atoms with E-state index in [4.69, 9.17) is 4.52 Å². The van der Waals surface area contributed by atoms with Crippen LogP contribution in [0, 0.1) is 13.8 Å². The van der Waals surface area contributed by atoms with Crippen molar-refractivity contribution in [2.75, 3.05) is 10.6 Å². The molecule has 0 spiro atoms. The Morgan fingerprint density at radius 1 is 1.11 bits per heavy atom. The Balaban J connectivity index is 1.87. The van der Waals surface area contributed by atoms with E-state index in [1.807, 2.05) is 0 Å². The first-order valence-electron chi connectivity index (χ1n) is 7.76. The number of hydrogen-bond acceptors (Lipinski definition) is 6. The quantitative estimate of drug-likeness (QED) is 0.711. The van der Waals surface area contributed by atoms with Crippen molar-refractivity contribution in [3.05, 3.63) is 59.1 Å². The van der Waals surface area contributed by atoms with Crippen LogP contribution in [-0.4, -0.2) is 21.0 Å². The van der Waals surface area contributed by atoms with E-state index < -0.39 is 17.6 Å². The van der Waals surface area contributed by atoms with Crippen LogP contribution in [0.3, 0.4) is 0 Å². The number of carbonyl (C=O) groups is 1. The molecule has 0 saturated carbocycles. The van der Waals surface area contributed by atoms with E-state index in [-0.39, 0.29) is 23.1 Å². The summed E-state index contributed by atoms with van der Waals surface area (Å²) in [5.41, 5.74) is -0.707. The number of alkyl halides is 3. The molecule has 1 aromatic carbocycles. The van der Waals surface area contributed by atoms with Gasteiger partial charge in [0.05, 0.1) is 11.3 Å². The minimum Gasteiger partial charge on any atom is -0.360 e. The molecule has 0 aliphatic heterocycles. The van der Waals surface area contributed by atoms with Crippen LogP contribution in [-0.2, 0) is 6.18 Å². The van der Waals surface area contributed by atoms with E-state index in [0.717, 1.165) is 6.07 Å². The average molecular weight is 377 g/mol. The highest BCUT2D eigenvalue weighted by Crippen LogP contribution is 2.35. The number of hydrogen-bond donors (Lipinski definition) is 2. The molecule has 27 heavy (non-hydrogen) atoms. The second kappa shape index (κ2) is 7.06. The van der Waals surface area contributed by atoms with Gasteiger partial charge < -0.3 is 15.2 Å². The maximum absolute atomic E-state index is 13.1. The molecule has 1 amide bonds. The van der Waals surface area contributed by atoms with E-state index in [9.17, 15) is 18.0 Å². The first-order valence-corrected chi connectivity index (χ1v) is 7.76. The van der Waals surface area contributed by atoms with Gasteiger partial charge in [-0.05, 0) is 32.0 Å². The molecule has 0 saturated heterocycles. The summed E-state index contributed by atoms with van der Waals surface area (Å²) in [5, 5.41) is 8.66. The smallest absolute Gasteiger partial charge is 0.360 e. The van der Waals surface area contributed by atoms with Gasteiger partial charge in [-0.25, -0.2) is 9.97 Å². The summed E-state index contributed by atoms with van der Waals surface area (Å²) < 4.78 is 44.2. The first-order chi connectivity index (χ1) is 12.7. The molecule has 0 bridgehead atoms. The molecule has 0 fully saturated rings. The topological polar surface area (TPSA) is 92.9 Å². The monoisotopic (exact) mass is 377 g/mol. The Kier molecular flexibility index (Phi) is 4.80. The minimum absolute atomic E-state index is 0.0323. The standard InChI is InChI=1S/C17H14F3N5O2/c1-9-7-13(15(26)24-14-8-10(2)27-25-14)23-16(21-9)22-12-6-4-3-5-11(12)17(18,19)20/h3-8H,1-2H3,(H,21,22,23)(H,24,25,26). The minimum atomic E-state index is -4.54. The number of carbonyl (C=O) groups excluding carboxylic acids is 1. The van der Waals surface area contributed by atoms with Crippen molar-refractivity contribution in [1.82, 2.24) is 15.1 Å². The molecule has 3 aromatic rings. The third-order valence-corrected chi connectivity index (χ3v) is 3.44. The molecule has 7 nitrogen and oxygen atoms in total. The van der Waals surface area contributed by atoms with Gasteiger partial charge in [-0.3, -0.25) is 4.79 Å². The molecule has 0 unspecified atom stereocenters. The second-order valence-corrected chi connectivity index (χ2v) is 5.66. The molecular formula is C17H14F3N5O2. The molecule has 2 N–H and O–H groups in total. The number of para-hydroxylation sites is 1. The van der Waals surface area contributed by atoms with Gasteiger partial charge in [-0.15, -0.1) is 0 Å². The number of aryl methyl sites for hydroxylation is 2. The van der Waals surface area contributed by atoms with Crippen LogP contribution in [0.2, 0.25) is 0 Å². The molecule has 2 aromatic heterocycles. The van der Waals surface area contributed by atoms with E-state index in [0.29, 0.717) is 11.5 Å². The first kappa shape index (κ1) is 18.4. The number of nitrogens with one attached hydrogen (secondary N) is 2. The van der Waals surface area contributed by atoms with Gasteiger partial charge in [-0.2, -0.15) is 13.2 Å². The van der Waals surface area contributed by atoms with Crippen LogP contribution in [0.25, 0.3) is 0 Å². The number of halogens is 3. The fourth-order valence-corrected chi connectivity index (χ4v) is 2.31. The average Bonchev–Trinajstić information content (AvgIpc) is 2.98. The van der Waals surface area contributed by atoms with Gasteiger partial charge in [0.1, 0.15) is 11.5 Å². The molecule has 2 heterocycles. The van der Waals surface area contributed by atoms with E-state index >= 15 is 0 Å². The predicted molar refractivity (Wildman–Crippen MR) is 90.7 cm³/mol. The van der Waals surface area contributed by atoms with Crippen LogP contribution in [0.15, 0.2) is 40.9 Å². The molecule has 0 aliphatic rings. The molecule has 10 heteroatoms. The Bertz CT molecular complexity index is 985. The van der Waals surface area contributed by atoms with Crippen LogP contribution >= 0.6 is 0 Å². The van der Waals surface area contributed by atoms with Crippen LogP contribution < -0.4 is 10.6 Å². The Labute approximate surface area is 151 Å². The Morgan fingerprint density at radius 3 is 2.52 bits per heavy atom. The zero-order chi connectivity index (χ0) is 19.6. The van der Waals surface area contributed by atoms with E-state index in [1.165, 1.54) is 30.3 Å². The Hall–Kier alpha value is -3.43. The summed E-state index contributed by atoms with van der Waals surface area (Å²) in [7, 11) is 0. The summed E-state index contributed by atoms with van der Waals surface area (Å²) in [6.45, 7) is 3.26. The van der Waals surface area contributed by atoms with Gasteiger partial charge in [0.2, 0.25) is 5.95 Å². The molecule has 0 radical (unpaired) electrons. The van der Waals surface area contributed by atoms with Gasteiger partial charge in [0.25, 0.3) is 5.91 Å². The van der Waals surface area contributed by atoms with Crippen LogP contribution in [0.4, 0.5) is 30.6 Å². The highest BCUT2D eigenvalue weighted by molar-refractivity contribution is 6.02. The van der Waals surface area contributed by atoms with E-state index in [1.54, 1.807) is 13.8 Å².